The lowest BCUT2D eigenvalue weighted by Crippen LogP contribution is -2.42. The molecule has 1 nitrogen and oxygen atoms in total. The van der Waals surface area contributed by atoms with E-state index in [1.165, 1.54) is 19.4 Å². The van der Waals surface area contributed by atoms with Gasteiger partial charge in [-0.1, -0.05) is 27.7 Å². The van der Waals surface area contributed by atoms with Crippen molar-refractivity contribution in [1.82, 2.24) is 5.32 Å². The topological polar surface area (TPSA) is 12.0 Å². The highest BCUT2D eigenvalue weighted by molar-refractivity contribution is 4.81. The first kappa shape index (κ1) is 10.0. The average Bonchev–Trinajstić information content (AvgIpc) is 2.04. The van der Waals surface area contributed by atoms with E-state index in [0.717, 1.165) is 23.8 Å². The SMILES string of the molecule is CC(C)C1CCN[C@@H](C(C)C)C1. The van der Waals surface area contributed by atoms with E-state index >= 15 is 0 Å². The first-order valence-electron chi connectivity index (χ1n) is 5.34. The Balaban J connectivity index is 2.40. The number of piperidine rings is 1. The Kier molecular flexibility index (Phi) is 3.57. The zero-order valence-electron chi connectivity index (χ0n) is 8.93. The summed E-state index contributed by atoms with van der Waals surface area (Å²) < 4.78 is 0. The second-order valence-electron chi connectivity index (χ2n) is 4.83. The van der Waals surface area contributed by atoms with Crippen LogP contribution in [0.5, 0.6) is 0 Å². The minimum atomic E-state index is 0.770. The molecule has 1 unspecified atom stereocenters. The van der Waals surface area contributed by atoms with Gasteiger partial charge in [-0.25, -0.2) is 0 Å². The Labute approximate surface area is 76.9 Å². The van der Waals surface area contributed by atoms with Gasteiger partial charge in [0.15, 0.2) is 0 Å². The Morgan fingerprint density at radius 3 is 2.25 bits per heavy atom. The summed E-state index contributed by atoms with van der Waals surface area (Å²) >= 11 is 0. The van der Waals surface area contributed by atoms with Crippen LogP contribution in [-0.4, -0.2) is 12.6 Å². The molecule has 1 saturated heterocycles. The van der Waals surface area contributed by atoms with Crippen LogP contribution in [0.2, 0.25) is 0 Å². The molecule has 0 saturated carbocycles. The van der Waals surface area contributed by atoms with E-state index in [-0.39, 0.29) is 0 Å². The van der Waals surface area contributed by atoms with Gasteiger partial charge in [-0.2, -0.15) is 0 Å². The summed E-state index contributed by atoms with van der Waals surface area (Å²) in [5, 5.41) is 3.60. The summed E-state index contributed by atoms with van der Waals surface area (Å²) in [7, 11) is 0. The second kappa shape index (κ2) is 4.27. The van der Waals surface area contributed by atoms with Gasteiger partial charge in [-0.05, 0) is 37.1 Å². The lowest BCUT2D eigenvalue weighted by molar-refractivity contribution is 0.211. The second-order valence-corrected chi connectivity index (χ2v) is 4.83. The van der Waals surface area contributed by atoms with Crippen molar-refractivity contribution >= 4 is 0 Å². The smallest absolute Gasteiger partial charge is 0.00928 e. The third-order valence-corrected chi connectivity index (χ3v) is 3.23. The molecule has 0 amide bonds. The van der Waals surface area contributed by atoms with Crippen LogP contribution < -0.4 is 5.32 Å². The number of hydrogen-bond donors (Lipinski definition) is 1. The molecule has 0 spiro atoms. The minimum absolute atomic E-state index is 0.770. The highest BCUT2D eigenvalue weighted by Crippen LogP contribution is 2.26. The maximum Gasteiger partial charge on any atom is 0.00928 e. The number of hydrogen-bond acceptors (Lipinski definition) is 1. The van der Waals surface area contributed by atoms with Gasteiger partial charge in [0, 0.05) is 6.04 Å². The van der Waals surface area contributed by atoms with E-state index in [1.54, 1.807) is 0 Å². The molecule has 0 aromatic heterocycles. The van der Waals surface area contributed by atoms with Crippen molar-refractivity contribution in [3.8, 4) is 0 Å². The van der Waals surface area contributed by atoms with Gasteiger partial charge in [0.2, 0.25) is 0 Å². The number of rotatable bonds is 2. The Morgan fingerprint density at radius 1 is 1.08 bits per heavy atom. The fourth-order valence-corrected chi connectivity index (χ4v) is 2.09. The van der Waals surface area contributed by atoms with E-state index in [2.05, 4.69) is 33.0 Å². The molecule has 0 aliphatic carbocycles. The third kappa shape index (κ3) is 2.48. The van der Waals surface area contributed by atoms with Crippen LogP contribution in [0.4, 0.5) is 0 Å². The Hall–Kier alpha value is -0.0400. The maximum atomic E-state index is 3.60. The average molecular weight is 169 g/mol. The minimum Gasteiger partial charge on any atom is -0.314 e. The third-order valence-electron chi connectivity index (χ3n) is 3.23. The fourth-order valence-electron chi connectivity index (χ4n) is 2.09. The van der Waals surface area contributed by atoms with Crippen molar-refractivity contribution in [2.75, 3.05) is 6.54 Å². The van der Waals surface area contributed by atoms with Crippen molar-refractivity contribution in [2.45, 2.75) is 46.6 Å². The first-order valence-corrected chi connectivity index (χ1v) is 5.34. The Morgan fingerprint density at radius 2 is 1.75 bits per heavy atom. The highest BCUT2D eigenvalue weighted by Gasteiger charge is 2.25. The van der Waals surface area contributed by atoms with Crippen molar-refractivity contribution < 1.29 is 0 Å². The molecule has 1 aliphatic rings. The van der Waals surface area contributed by atoms with Crippen LogP contribution in [0, 0.1) is 17.8 Å². The highest BCUT2D eigenvalue weighted by atomic mass is 14.9. The molecule has 1 N–H and O–H groups in total. The van der Waals surface area contributed by atoms with Crippen LogP contribution in [0.25, 0.3) is 0 Å². The molecule has 72 valence electrons. The molecule has 1 heteroatoms. The molecule has 0 bridgehead atoms. The summed E-state index contributed by atoms with van der Waals surface area (Å²) in [6.45, 7) is 10.6. The molecule has 1 rings (SSSR count). The van der Waals surface area contributed by atoms with E-state index in [4.69, 9.17) is 0 Å². The fraction of sp³-hybridized carbons (Fsp3) is 1.00. The van der Waals surface area contributed by atoms with Crippen molar-refractivity contribution in [3.05, 3.63) is 0 Å². The molecule has 0 aromatic carbocycles. The van der Waals surface area contributed by atoms with Gasteiger partial charge in [0.05, 0.1) is 0 Å². The summed E-state index contributed by atoms with van der Waals surface area (Å²) in [6, 6.07) is 0.770. The summed E-state index contributed by atoms with van der Waals surface area (Å²) in [5.74, 6) is 2.62. The van der Waals surface area contributed by atoms with Crippen molar-refractivity contribution in [2.24, 2.45) is 17.8 Å². The Bertz CT molecular complexity index is 115. The monoisotopic (exact) mass is 169 g/mol. The summed E-state index contributed by atoms with van der Waals surface area (Å²) in [4.78, 5) is 0. The van der Waals surface area contributed by atoms with Crippen LogP contribution >= 0.6 is 0 Å². The van der Waals surface area contributed by atoms with Crippen molar-refractivity contribution in [3.63, 3.8) is 0 Å². The maximum absolute atomic E-state index is 3.60. The summed E-state index contributed by atoms with van der Waals surface area (Å²) in [6.07, 6.45) is 2.76. The zero-order valence-corrected chi connectivity index (χ0v) is 8.93. The quantitative estimate of drug-likeness (QED) is 0.670. The van der Waals surface area contributed by atoms with E-state index in [0.29, 0.717) is 0 Å². The molecule has 1 fully saturated rings. The summed E-state index contributed by atoms with van der Waals surface area (Å²) in [5.41, 5.74) is 0. The van der Waals surface area contributed by atoms with E-state index < -0.39 is 0 Å². The van der Waals surface area contributed by atoms with Gasteiger partial charge in [-0.15, -0.1) is 0 Å². The first-order chi connectivity index (χ1) is 5.61. The molecule has 1 heterocycles. The van der Waals surface area contributed by atoms with E-state index in [1.807, 2.05) is 0 Å². The molecule has 12 heavy (non-hydrogen) atoms. The molecular formula is C11H23N. The molecule has 2 atom stereocenters. The molecular weight excluding hydrogens is 146 g/mol. The molecule has 0 aromatic rings. The lowest BCUT2D eigenvalue weighted by atomic mass is 9.81. The van der Waals surface area contributed by atoms with E-state index in [9.17, 15) is 0 Å². The largest absolute Gasteiger partial charge is 0.314 e. The van der Waals surface area contributed by atoms with Crippen LogP contribution in [-0.2, 0) is 0 Å². The van der Waals surface area contributed by atoms with Crippen molar-refractivity contribution in [1.29, 1.82) is 0 Å². The van der Waals surface area contributed by atoms with Crippen LogP contribution in [0.3, 0.4) is 0 Å². The van der Waals surface area contributed by atoms with Gasteiger partial charge in [0.25, 0.3) is 0 Å². The lowest BCUT2D eigenvalue weighted by Gasteiger charge is -2.34. The zero-order chi connectivity index (χ0) is 9.14. The van der Waals surface area contributed by atoms with Gasteiger partial charge in [-0.3, -0.25) is 0 Å². The van der Waals surface area contributed by atoms with Gasteiger partial charge in [0.1, 0.15) is 0 Å². The van der Waals surface area contributed by atoms with Gasteiger partial charge >= 0.3 is 0 Å². The molecule has 1 aliphatic heterocycles. The molecule has 0 radical (unpaired) electrons. The van der Waals surface area contributed by atoms with Crippen LogP contribution in [0.1, 0.15) is 40.5 Å². The predicted molar refractivity (Wildman–Crippen MR) is 54.2 cm³/mol. The predicted octanol–water partition coefficient (Wildman–Crippen LogP) is 2.67. The van der Waals surface area contributed by atoms with Crippen LogP contribution in [0.15, 0.2) is 0 Å². The van der Waals surface area contributed by atoms with Gasteiger partial charge < -0.3 is 5.32 Å². The standard InChI is InChI=1S/C11H23N/c1-8(2)10-5-6-12-11(7-10)9(3)4/h8-12H,5-7H2,1-4H3/t10?,11-/m1/s1. The number of nitrogens with one attached hydrogen (secondary N) is 1. The normalized spacial score (nSPS) is 31.5.